The molecule has 1 aromatic carbocycles. The molecule has 0 radical (unpaired) electrons. The third-order valence-electron chi connectivity index (χ3n) is 3.65. The molecule has 1 fully saturated rings. The number of carbonyl (C=O) groups excluding carboxylic acids is 1. The number of rotatable bonds is 8. The van der Waals surface area contributed by atoms with Gasteiger partial charge in [0.25, 0.3) is 0 Å². The SMILES string of the molecule is CCCCCCOc1ccc(C2COC(C=O)OC2)cc1. The van der Waals surface area contributed by atoms with Crippen LogP contribution in [0.15, 0.2) is 24.3 Å². The lowest BCUT2D eigenvalue weighted by Gasteiger charge is -2.26. The predicted molar refractivity (Wildman–Crippen MR) is 80.6 cm³/mol. The van der Waals surface area contributed by atoms with Crippen molar-refractivity contribution in [1.82, 2.24) is 0 Å². The van der Waals surface area contributed by atoms with Crippen LogP contribution in [0.4, 0.5) is 0 Å². The van der Waals surface area contributed by atoms with Gasteiger partial charge in [0.15, 0.2) is 6.29 Å². The Balaban J connectivity index is 1.75. The molecule has 1 saturated heterocycles. The Morgan fingerprint density at radius 2 is 1.86 bits per heavy atom. The van der Waals surface area contributed by atoms with E-state index in [4.69, 9.17) is 14.2 Å². The molecule has 0 atom stereocenters. The number of unbranched alkanes of at least 4 members (excludes halogenated alkanes) is 3. The molecule has 0 N–H and O–H groups in total. The van der Waals surface area contributed by atoms with Gasteiger partial charge in [-0.3, -0.25) is 4.79 Å². The lowest BCUT2D eigenvalue weighted by Crippen LogP contribution is -2.31. The first-order chi connectivity index (χ1) is 10.3. The van der Waals surface area contributed by atoms with Gasteiger partial charge in [-0.15, -0.1) is 0 Å². The maximum Gasteiger partial charge on any atom is 0.214 e. The monoisotopic (exact) mass is 292 g/mol. The van der Waals surface area contributed by atoms with Crippen molar-refractivity contribution in [2.45, 2.75) is 44.8 Å². The lowest BCUT2D eigenvalue weighted by atomic mass is 10.0. The molecule has 116 valence electrons. The van der Waals surface area contributed by atoms with Crippen molar-refractivity contribution in [3.05, 3.63) is 29.8 Å². The lowest BCUT2D eigenvalue weighted by molar-refractivity contribution is -0.183. The smallest absolute Gasteiger partial charge is 0.214 e. The van der Waals surface area contributed by atoms with Gasteiger partial charge in [-0.2, -0.15) is 0 Å². The van der Waals surface area contributed by atoms with Gasteiger partial charge >= 0.3 is 0 Å². The highest BCUT2D eigenvalue weighted by molar-refractivity contribution is 5.54. The average Bonchev–Trinajstić information content (AvgIpc) is 2.55. The van der Waals surface area contributed by atoms with E-state index in [0.29, 0.717) is 19.5 Å². The van der Waals surface area contributed by atoms with Gasteiger partial charge in [-0.05, 0) is 24.1 Å². The van der Waals surface area contributed by atoms with Crippen LogP contribution in [0.2, 0.25) is 0 Å². The van der Waals surface area contributed by atoms with E-state index in [0.717, 1.165) is 24.3 Å². The highest BCUT2D eigenvalue weighted by Crippen LogP contribution is 2.24. The van der Waals surface area contributed by atoms with Gasteiger partial charge in [-0.25, -0.2) is 0 Å². The summed E-state index contributed by atoms with van der Waals surface area (Å²) in [5.74, 6) is 1.08. The standard InChI is InChI=1S/C17H24O4/c1-2-3-4-5-10-19-16-8-6-14(7-9-16)15-12-20-17(11-18)21-13-15/h6-9,11,15,17H,2-5,10,12-13H2,1H3. The maximum atomic E-state index is 10.5. The third kappa shape index (κ3) is 5.14. The van der Waals surface area contributed by atoms with E-state index >= 15 is 0 Å². The van der Waals surface area contributed by atoms with Gasteiger partial charge in [0.05, 0.1) is 19.8 Å². The fraction of sp³-hybridized carbons (Fsp3) is 0.588. The van der Waals surface area contributed by atoms with Gasteiger partial charge in [-0.1, -0.05) is 38.3 Å². The summed E-state index contributed by atoms with van der Waals surface area (Å²) in [4.78, 5) is 10.5. The summed E-state index contributed by atoms with van der Waals surface area (Å²) in [6.07, 6.45) is 4.82. The van der Waals surface area contributed by atoms with Crippen molar-refractivity contribution in [2.24, 2.45) is 0 Å². The second-order valence-corrected chi connectivity index (χ2v) is 5.35. The molecule has 1 aliphatic rings. The van der Waals surface area contributed by atoms with Crippen LogP contribution in [0.3, 0.4) is 0 Å². The molecule has 0 unspecified atom stereocenters. The molecular weight excluding hydrogens is 268 g/mol. The molecule has 0 bridgehead atoms. The molecule has 1 aliphatic heterocycles. The van der Waals surface area contributed by atoms with Crippen LogP contribution in [-0.2, 0) is 14.3 Å². The fourth-order valence-electron chi connectivity index (χ4n) is 2.34. The molecule has 0 amide bonds. The van der Waals surface area contributed by atoms with Gasteiger partial charge in [0.1, 0.15) is 5.75 Å². The summed E-state index contributed by atoms with van der Waals surface area (Å²) >= 11 is 0. The molecule has 1 aromatic rings. The molecule has 2 rings (SSSR count). The topological polar surface area (TPSA) is 44.8 Å². The number of hydrogen-bond acceptors (Lipinski definition) is 4. The van der Waals surface area contributed by atoms with Crippen molar-refractivity contribution < 1.29 is 19.0 Å². The van der Waals surface area contributed by atoms with E-state index in [1.807, 2.05) is 24.3 Å². The molecular formula is C17H24O4. The normalized spacial score (nSPS) is 22.0. The zero-order chi connectivity index (χ0) is 14.9. The summed E-state index contributed by atoms with van der Waals surface area (Å²) in [6.45, 7) is 4.01. The Bertz CT molecular complexity index is 407. The molecule has 1 heterocycles. The minimum atomic E-state index is -0.702. The minimum absolute atomic E-state index is 0.180. The zero-order valence-corrected chi connectivity index (χ0v) is 12.6. The summed E-state index contributed by atoms with van der Waals surface area (Å²) in [6, 6.07) is 8.06. The highest BCUT2D eigenvalue weighted by Gasteiger charge is 2.22. The van der Waals surface area contributed by atoms with Crippen molar-refractivity contribution in [1.29, 1.82) is 0 Å². The first-order valence-corrected chi connectivity index (χ1v) is 7.74. The second-order valence-electron chi connectivity index (χ2n) is 5.35. The van der Waals surface area contributed by atoms with Crippen LogP contribution in [0, 0.1) is 0 Å². The maximum absolute atomic E-state index is 10.5. The van der Waals surface area contributed by atoms with Gasteiger partial charge < -0.3 is 14.2 Å². The minimum Gasteiger partial charge on any atom is -0.494 e. The van der Waals surface area contributed by atoms with E-state index < -0.39 is 6.29 Å². The Hall–Kier alpha value is -1.39. The number of hydrogen-bond donors (Lipinski definition) is 0. The second kappa shape index (κ2) is 8.80. The van der Waals surface area contributed by atoms with Crippen LogP contribution in [0.5, 0.6) is 5.75 Å². The molecule has 0 spiro atoms. The van der Waals surface area contributed by atoms with Crippen molar-refractivity contribution in [3.63, 3.8) is 0 Å². The van der Waals surface area contributed by atoms with Crippen LogP contribution in [0.25, 0.3) is 0 Å². The van der Waals surface area contributed by atoms with Gasteiger partial charge in [0.2, 0.25) is 6.29 Å². The number of ether oxygens (including phenoxy) is 3. The Kier molecular flexibility index (Phi) is 6.70. The summed E-state index contributed by atoms with van der Waals surface area (Å²) in [5, 5.41) is 0. The molecule has 4 heteroatoms. The van der Waals surface area contributed by atoms with Crippen LogP contribution in [-0.4, -0.2) is 32.4 Å². The number of aldehydes is 1. The Morgan fingerprint density at radius 1 is 1.14 bits per heavy atom. The zero-order valence-electron chi connectivity index (χ0n) is 12.6. The molecule has 4 nitrogen and oxygen atoms in total. The largest absolute Gasteiger partial charge is 0.494 e. The Labute approximate surface area is 126 Å². The molecule has 0 aromatic heterocycles. The summed E-state index contributed by atoms with van der Waals surface area (Å²) in [5.41, 5.74) is 1.15. The van der Waals surface area contributed by atoms with Gasteiger partial charge in [0, 0.05) is 5.92 Å². The first-order valence-electron chi connectivity index (χ1n) is 7.74. The van der Waals surface area contributed by atoms with Crippen molar-refractivity contribution in [2.75, 3.05) is 19.8 Å². The van der Waals surface area contributed by atoms with E-state index in [-0.39, 0.29) is 5.92 Å². The summed E-state index contributed by atoms with van der Waals surface area (Å²) < 4.78 is 16.3. The molecule has 0 aliphatic carbocycles. The fourth-order valence-corrected chi connectivity index (χ4v) is 2.34. The highest BCUT2D eigenvalue weighted by atomic mass is 16.7. The van der Waals surface area contributed by atoms with Crippen LogP contribution in [0.1, 0.15) is 44.1 Å². The van der Waals surface area contributed by atoms with Crippen LogP contribution < -0.4 is 4.74 Å². The quantitative estimate of drug-likeness (QED) is 0.545. The summed E-state index contributed by atoms with van der Waals surface area (Å²) in [7, 11) is 0. The number of benzene rings is 1. The average molecular weight is 292 g/mol. The van der Waals surface area contributed by atoms with E-state index in [9.17, 15) is 4.79 Å². The number of carbonyl (C=O) groups is 1. The predicted octanol–water partition coefficient (Wildman–Crippen LogP) is 3.30. The van der Waals surface area contributed by atoms with Crippen LogP contribution >= 0.6 is 0 Å². The third-order valence-corrected chi connectivity index (χ3v) is 3.65. The van der Waals surface area contributed by atoms with E-state index in [1.165, 1.54) is 19.3 Å². The van der Waals surface area contributed by atoms with Crippen molar-refractivity contribution in [3.8, 4) is 5.75 Å². The Morgan fingerprint density at radius 3 is 2.48 bits per heavy atom. The van der Waals surface area contributed by atoms with E-state index in [2.05, 4.69) is 6.92 Å². The van der Waals surface area contributed by atoms with E-state index in [1.54, 1.807) is 0 Å². The molecule has 21 heavy (non-hydrogen) atoms. The first kappa shape index (κ1) is 16.0. The van der Waals surface area contributed by atoms with Crippen molar-refractivity contribution >= 4 is 6.29 Å². The molecule has 0 saturated carbocycles.